The SMILES string of the molecule is Cc1ccc(C(C)(C)C(=O)N2CC[C@H](N(C)C)C2)cc1. The molecule has 0 unspecified atom stereocenters. The molecule has 1 aliphatic heterocycles. The fourth-order valence-corrected chi connectivity index (χ4v) is 2.84. The number of rotatable bonds is 3. The average molecular weight is 274 g/mol. The molecule has 110 valence electrons. The lowest BCUT2D eigenvalue weighted by atomic mass is 9.83. The number of likely N-dealkylation sites (N-methyl/N-ethyl adjacent to an activating group) is 1. The summed E-state index contributed by atoms with van der Waals surface area (Å²) in [5, 5.41) is 0. The van der Waals surface area contributed by atoms with Gasteiger partial charge in [-0.05, 0) is 46.9 Å². The number of carbonyl (C=O) groups excluding carboxylic acids is 1. The molecule has 0 N–H and O–H groups in total. The van der Waals surface area contributed by atoms with Crippen molar-refractivity contribution in [2.45, 2.75) is 38.6 Å². The number of likely N-dealkylation sites (tertiary alicyclic amines) is 1. The maximum atomic E-state index is 12.8. The van der Waals surface area contributed by atoms with Crippen LogP contribution in [0.2, 0.25) is 0 Å². The molecule has 20 heavy (non-hydrogen) atoms. The van der Waals surface area contributed by atoms with E-state index in [1.165, 1.54) is 5.56 Å². The number of nitrogens with zero attached hydrogens (tertiary/aromatic N) is 2. The predicted octanol–water partition coefficient (Wildman–Crippen LogP) is 2.44. The Balaban J connectivity index is 2.13. The highest BCUT2D eigenvalue weighted by Gasteiger charge is 2.37. The Hall–Kier alpha value is -1.35. The van der Waals surface area contributed by atoms with Crippen LogP contribution in [0, 0.1) is 6.92 Å². The van der Waals surface area contributed by atoms with Gasteiger partial charge in [-0.2, -0.15) is 0 Å². The Bertz CT molecular complexity index is 476. The van der Waals surface area contributed by atoms with Gasteiger partial charge in [-0.15, -0.1) is 0 Å². The second kappa shape index (κ2) is 5.57. The first-order chi connectivity index (χ1) is 9.32. The van der Waals surface area contributed by atoms with E-state index < -0.39 is 5.41 Å². The van der Waals surface area contributed by atoms with Gasteiger partial charge in [-0.1, -0.05) is 29.8 Å². The Morgan fingerprint density at radius 1 is 1.25 bits per heavy atom. The monoisotopic (exact) mass is 274 g/mol. The third-order valence-electron chi connectivity index (χ3n) is 4.49. The molecule has 1 aromatic rings. The summed E-state index contributed by atoms with van der Waals surface area (Å²) in [6, 6.07) is 8.81. The molecular weight excluding hydrogens is 248 g/mol. The van der Waals surface area contributed by atoms with E-state index >= 15 is 0 Å². The van der Waals surface area contributed by atoms with Crippen molar-refractivity contribution in [3.05, 3.63) is 35.4 Å². The van der Waals surface area contributed by atoms with Crippen molar-refractivity contribution in [3.8, 4) is 0 Å². The van der Waals surface area contributed by atoms with E-state index in [1.54, 1.807) is 0 Å². The summed E-state index contributed by atoms with van der Waals surface area (Å²) in [7, 11) is 4.17. The molecule has 1 saturated heterocycles. The summed E-state index contributed by atoms with van der Waals surface area (Å²) in [5.41, 5.74) is 1.88. The van der Waals surface area contributed by atoms with E-state index in [1.807, 2.05) is 18.7 Å². The Labute approximate surface area is 122 Å². The normalized spacial score (nSPS) is 19.7. The van der Waals surface area contributed by atoms with Crippen molar-refractivity contribution in [2.75, 3.05) is 27.2 Å². The van der Waals surface area contributed by atoms with Crippen LogP contribution in [0.15, 0.2) is 24.3 Å². The first kappa shape index (κ1) is 15.0. The Morgan fingerprint density at radius 3 is 2.35 bits per heavy atom. The maximum absolute atomic E-state index is 12.8. The molecule has 3 nitrogen and oxygen atoms in total. The second-order valence-electron chi connectivity index (χ2n) is 6.65. The van der Waals surface area contributed by atoms with Gasteiger partial charge >= 0.3 is 0 Å². The largest absolute Gasteiger partial charge is 0.340 e. The number of carbonyl (C=O) groups is 1. The van der Waals surface area contributed by atoms with Gasteiger partial charge in [0.15, 0.2) is 0 Å². The van der Waals surface area contributed by atoms with Gasteiger partial charge < -0.3 is 9.80 Å². The van der Waals surface area contributed by atoms with Crippen molar-refractivity contribution in [2.24, 2.45) is 0 Å². The van der Waals surface area contributed by atoms with E-state index in [4.69, 9.17) is 0 Å². The zero-order chi connectivity index (χ0) is 14.9. The standard InChI is InChI=1S/C17H26N2O/c1-13-6-8-14(9-7-13)17(2,3)16(20)19-11-10-15(12-19)18(4)5/h6-9,15H,10-12H2,1-5H3/t15-/m0/s1. The molecule has 0 spiro atoms. The lowest BCUT2D eigenvalue weighted by molar-refractivity contribution is -0.135. The van der Waals surface area contributed by atoms with E-state index in [0.29, 0.717) is 6.04 Å². The van der Waals surface area contributed by atoms with Crippen LogP contribution in [0.1, 0.15) is 31.4 Å². The molecule has 1 aromatic carbocycles. The fourth-order valence-electron chi connectivity index (χ4n) is 2.84. The first-order valence-electron chi connectivity index (χ1n) is 7.35. The molecule has 0 radical (unpaired) electrons. The minimum atomic E-state index is -0.450. The molecule has 1 atom stereocenters. The summed E-state index contributed by atoms with van der Waals surface area (Å²) < 4.78 is 0. The zero-order valence-electron chi connectivity index (χ0n) is 13.3. The van der Waals surface area contributed by atoms with Crippen LogP contribution < -0.4 is 0 Å². The van der Waals surface area contributed by atoms with Gasteiger partial charge in [0.25, 0.3) is 0 Å². The summed E-state index contributed by atoms with van der Waals surface area (Å²) >= 11 is 0. The van der Waals surface area contributed by atoms with Crippen LogP contribution in [0.3, 0.4) is 0 Å². The molecule has 1 fully saturated rings. The molecule has 3 heteroatoms. The maximum Gasteiger partial charge on any atom is 0.232 e. The van der Waals surface area contributed by atoms with Gasteiger partial charge in [0.05, 0.1) is 5.41 Å². The molecule has 1 amide bonds. The number of amides is 1. The zero-order valence-corrected chi connectivity index (χ0v) is 13.3. The van der Waals surface area contributed by atoms with Crippen molar-refractivity contribution in [3.63, 3.8) is 0 Å². The quantitative estimate of drug-likeness (QED) is 0.845. The van der Waals surface area contributed by atoms with Crippen LogP contribution >= 0.6 is 0 Å². The molecule has 1 heterocycles. The van der Waals surface area contributed by atoms with Crippen molar-refractivity contribution >= 4 is 5.91 Å². The average Bonchev–Trinajstić information content (AvgIpc) is 2.88. The second-order valence-corrected chi connectivity index (χ2v) is 6.65. The molecule has 0 saturated carbocycles. The molecule has 1 aliphatic rings. The summed E-state index contributed by atoms with van der Waals surface area (Å²) in [6.07, 6.45) is 1.07. The third-order valence-corrected chi connectivity index (χ3v) is 4.49. The Morgan fingerprint density at radius 2 is 1.85 bits per heavy atom. The number of hydrogen-bond acceptors (Lipinski definition) is 2. The fraction of sp³-hybridized carbons (Fsp3) is 0.588. The Kier molecular flexibility index (Phi) is 4.19. The van der Waals surface area contributed by atoms with Crippen LogP contribution in [0.4, 0.5) is 0 Å². The number of aryl methyl sites for hydroxylation is 1. The van der Waals surface area contributed by atoms with Crippen molar-refractivity contribution < 1.29 is 4.79 Å². The smallest absolute Gasteiger partial charge is 0.232 e. The van der Waals surface area contributed by atoms with Gasteiger partial charge in [-0.25, -0.2) is 0 Å². The predicted molar refractivity (Wildman–Crippen MR) is 82.9 cm³/mol. The van der Waals surface area contributed by atoms with Crippen LogP contribution in [-0.4, -0.2) is 48.9 Å². The van der Waals surface area contributed by atoms with Gasteiger partial charge in [0, 0.05) is 19.1 Å². The molecular formula is C17H26N2O. The summed E-state index contributed by atoms with van der Waals surface area (Å²) in [6.45, 7) is 7.85. The highest BCUT2D eigenvalue weighted by Crippen LogP contribution is 2.28. The minimum Gasteiger partial charge on any atom is -0.340 e. The van der Waals surface area contributed by atoms with Gasteiger partial charge in [0.1, 0.15) is 0 Å². The first-order valence-corrected chi connectivity index (χ1v) is 7.35. The van der Waals surface area contributed by atoms with Crippen molar-refractivity contribution in [1.82, 2.24) is 9.80 Å². The van der Waals surface area contributed by atoms with Crippen LogP contribution in [-0.2, 0) is 10.2 Å². The van der Waals surface area contributed by atoms with E-state index in [9.17, 15) is 4.79 Å². The minimum absolute atomic E-state index is 0.241. The third kappa shape index (κ3) is 2.88. The number of benzene rings is 1. The lowest BCUT2D eigenvalue weighted by Crippen LogP contribution is -2.43. The number of hydrogen-bond donors (Lipinski definition) is 0. The van der Waals surface area contributed by atoms with Gasteiger partial charge in [-0.3, -0.25) is 4.79 Å². The van der Waals surface area contributed by atoms with E-state index in [0.717, 1.165) is 25.1 Å². The van der Waals surface area contributed by atoms with E-state index in [-0.39, 0.29) is 5.91 Å². The topological polar surface area (TPSA) is 23.6 Å². The summed E-state index contributed by atoms with van der Waals surface area (Å²) in [5.74, 6) is 0.241. The molecule has 0 bridgehead atoms. The highest BCUT2D eigenvalue weighted by atomic mass is 16.2. The van der Waals surface area contributed by atoms with E-state index in [2.05, 4.69) is 50.2 Å². The lowest BCUT2D eigenvalue weighted by Gasteiger charge is -2.30. The van der Waals surface area contributed by atoms with Crippen molar-refractivity contribution in [1.29, 1.82) is 0 Å². The highest BCUT2D eigenvalue weighted by molar-refractivity contribution is 5.87. The van der Waals surface area contributed by atoms with Gasteiger partial charge in [0.2, 0.25) is 5.91 Å². The molecule has 0 aromatic heterocycles. The molecule has 2 rings (SSSR count). The van der Waals surface area contributed by atoms with Crippen LogP contribution in [0.25, 0.3) is 0 Å². The van der Waals surface area contributed by atoms with Crippen LogP contribution in [0.5, 0.6) is 0 Å². The summed E-state index contributed by atoms with van der Waals surface area (Å²) in [4.78, 5) is 17.1. The molecule has 0 aliphatic carbocycles.